The number of amides is 1. The van der Waals surface area contributed by atoms with E-state index in [0.29, 0.717) is 35.2 Å². The van der Waals surface area contributed by atoms with Gasteiger partial charge in [0.2, 0.25) is 0 Å². The van der Waals surface area contributed by atoms with Gasteiger partial charge in [0.15, 0.2) is 0 Å². The zero-order valence-corrected chi connectivity index (χ0v) is 12.1. The van der Waals surface area contributed by atoms with E-state index in [1.807, 2.05) is 0 Å². The third kappa shape index (κ3) is 5.02. The van der Waals surface area contributed by atoms with Crippen molar-refractivity contribution in [1.82, 2.24) is 5.32 Å². The molecule has 0 spiro atoms. The van der Waals surface area contributed by atoms with Crippen LogP contribution in [0, 0.1) is 0 Å². The molecule has 100 valence electrons. The number of carbonyl (C=O) groups excluding carboxylic acids is 1. The Morgan fingerprint density at radius 3 is 2.83 bits per heavy atom. The zero-order chi connectivity index (χ0) is 13.5. The van der Waals surface area contributed by atoms with Crippen LogP contribution < -0.4 is 5.32 Å². The molecule has 0 fully saturated rings. The quantitative estimate of drug-likeness (QED) is 0.818. The number of hydrogen-bond donors (Lipinski definition) is 1. The second-order valence-corrected chi connectivity index (χ2v) is 5.18. The Labute approximate surface area is 121 Å². The average molecular weight is 311 g/mol. The topological polar surface area (TPSA) is 38.3 Å². The summed E-state index contributed by atoms with van der Waals surface area (Å²) >= 11 is 17.7. The first kappa shape index (κ1) is 15.6. The number of methoxy groups -OCH3 is 1. The third-order valence-corrected chi connectivity index (χ3v) is 3.17. The van der Waals surface area contributed by atoms with E-state index in [9.17, 15) is 4.79 Å². The van der Waals surface area contributed by atoms with Gasteiger partial charge in [0.25, 0.3) is 5.91 Å². The molecule has 0 bridgehead atoms. The minimum atomic E-state index is -0.260. The maximum absolute atomic E-state index is 11.8. The summed E-state index contributed by atoms with van der Waals surface area (Å²) in [6.07, 6.45) is 0.624. The van der Waals surface area contributed by atoms with E-state index in [4.69, 9.17) is 39.5 Å². The molecule has 1 aromatic rings. The number of benzene rings is 1. The van der Waals surface area contributed by atoms with Crippen molar-refractivity contribution in [3.05, 3.63) is 33.8 Å². The molecule has 1 rings (SSSR count). The van der Waals surface area contributed by atoms with Crippen molar-refractivity contribution in [1.29, 1.82) is 0 Å². The molecule has 1 unspecified atom stereocenters. The molecule has 0 aromatic heterocycles. The van der Waals surface area contributed by atoms with Crippen molar-refractivity contribution in [3.8, 4) is 0 Å². The van der Waals surface area contributed by atoms with Crippen LogP contribution >= 0.6 is 34.8 Å². The highest BCUT2D eigenvalue weighted by molar-refractivity contribution is 6.35. The number of rotatable bonds is 6. The highest BCUT2D eigenvalue weighted by Crippen LogP contribution is 2.20. The summed E-state index contributed by atoms with van der Waals surface area (Å²) in [7, 11) is 1.58. The van der Waals surface area contributed by atoms with Gasteiger partial charge in [-0.1, -0.05) is 23.2 Å². The first-order valence-electron chi connectivity index (χ1n) is 5.41. The summed E-state index contributed by atoms with van der Waals surface area (Å²) in [4.78, 5) is 11.8. The largest absolute Gasteiger partial charge is 0.383 e. The van der Waals surface area contributed by atoms with Crippen molar-refractivity contribution in [2.24, 2.45) is 0 Å². The molecule has 0 saturated heterocycles. The van der Waals surface area contributed by atoms with E-state index < -0.39 is 0 Å². The van der Waals surface area contributed by atoms with Gasteiger partial charge in [0, 0.05) is 18.7 Å². The minimum Gasteiger partial charge on any atom is -0.383 e. The van der Waals surface area contributed by atoms with Crippen LogP contribution in [-0.4, -0.2) is 31.5 Å². The van der Waals surface area contributed by atoms with Crippen LogP contribution in [0.2, 0.25) is 10.0 Å². The van der Waals surface area contributed by atoms with E-state index in [0.717, 1.165) is 0 Å². The summed E-state index contributed by atoms with van der Waals surface area (Å²) in [5.41, 5.74) is 0.363. The minimum absolute atomic E-state index is 0.120. The van der Waals surface area contributed by atoms with E-state index in [1.54, 1.807) is 19.2 Å². The fourth-order valence-corrected chi connectivity index (χ4v) is 1.98. The Morgan fingerprint density at radius 2 is 2.17 bits per heavy atom. The second-order valence-electron chi connectivity index (χ2n) is 3.72. The number of alkyl halides is 1. The van der Waals surface area contributed by atoms with Crippen LogP contribution in [0.4, 0.5) is 0 Å². The van der Waals surface area contributed by atoms with Gasteiger partial charge in [-0.05, 0) is 24.6 Å². The molecule has 1 N–H and O–H groups in total. The normalized spacial score (nSPS) is 12.2. The summed E-state index contributed by atoms with van der Waals surface area (Å²) in [5.74, 6) is -0.260. The number of carbonyl (C=O) groups is 1. The van der Waals surface area contributed by atoms with Gasteiger partial charge in [-0.3, -0.25) is 4.79 Å². The molecule has 0 saturated carbocycles. The maximum Gasteiger partial charge on any atom is 0.252 e. The SMILES string of the molecule is COCC(Cl)CCNC(=O)c1cc(Cl)ccc1Cl. The Balaban J connectivity index is 2.48. The molecular formula is C12H14Cl3NO2. The molecule has 1 atom stereocenters. The zero-order valence-electron chi connectivity index (χ0n) is 9.88. The van der Waals surface area contributed by atoms with Gasteiger partial charge in [-0.2, -0.15) is 0 Å². The van der Waals surface area contributed by atoms with E-state index in [2.05, 4.69) is 5.32 Å². The number of hydrogen-bond acceptors (Lipinski definition) is 2. The van der Waals surface area contributed by atoms with Crippen molar-refractivity contribution in [2.45, 2.75) is 11.8 Å². The molecule has 0 aliphatic carbocycles. The Hall–Kier alpha value is -0.480. The molecular weight excluding hydrogens is 296 g/mol. The van der Waals surface area contributed by atoms with E-state index in [1.165, 1.54) is 6.07 Å². The monoisotopic (exact) mass is 309 g/mol. The van der Waals surface area contributed by atoms with Crippen molar-refractivity contribution in [2.75, 3.05) is 20.3 Å². The van der Waals surface area contributed by atoms with Crippen LogP contribution in [0.25, 0.3) is 0 Å². The lowest BCUT2D eigenvalue weighted by Crippen LogP contribution is -2.27. The van der Waals surface area contributed by atoms with Gasteiger partial charge in [-0.25, -0.2) is 0 Å². The molecule has 6 heteroatoms. The first-order valence-corrected chi connectivity index (χ1v) is 6.60. The Kier molecular flexibility index (Phi) is 6.79. The lowest BCUT2D eigenvalue weighted by atomic mass is 10.2. The fourth-order valence-electron chi connectivity index (χ4n) is 1.37. The van der Waals surface area contributed by atoms with Crippen LogP contribution in [0.15, 0.2) is 18.2 Å². The maximum atomic E-state index is 11.8. The van der Waals surface area contributed by atoms with E-state index >= 15 is 0 Å². The second kappa shape index (κ2) is 7.85. The lowest BCUT2D eigenvalue weighted by Gasteiger charge is -2.10. The summed E-state index contributed by atoms with van der Waals surface area (Å²) < 4.78 is 4.90. The summed E-state index contributed by atoms with van der Waals surface area (Å²) in [5, 5.41) is 3.46. The summed E-state index contributed by atoms with van der Waals surface area (Å²) in [6, 6.07) is 4.76. The smallest absolute Gasteiger partial charge is 0.252 e. The molecule has 0 radical (unpaired) electrons. The first-order chi connectivity index (χ1) is 8.54. The van der Waals surface area contributed by atoms with Gasteiger partial charge >= 0.3 is 0 Å². The highest BCUT2D eigenvalue weighted by atomic mass is 35.5. The Bertz CT molecular complexity index is 412. The van der Waals surface area contributed by atoms with Crippen molar-refractivity contribution < 1.29 is 9.53 Å². The highest BCUT2D eigenvalue weighted by Gasteiger charge is 2.11. The molecule has 18 heavy (non-hydrogen) atoms. The molecule has 0 heterocycles. The van der Waals surface area contributed by atoms with Gasteiger partial charge in [-0.15, -0.1) is 11.6 Å². The van der Waals surface area contributed by atoms with Crippen molar-refractivity contribution in [3.63, 3.8) is 0 Å². The van der Waals surface area contributed by atoms with Crippen molar-refractivity contribution >= 4 is 40.7 Å². The molecule has 1 amide bonds. The molecule has 1 aromatic carbocycles. The van der Waals surface area contributed by atoms with E-state index in [-0.39, 0.29) is 11.3 Å². The van der Waals surface area contributed by atoms with Crippen LogP contribution in [0.1, 0.15) is 16.8 Å². The molecule has 0 aliphatic rings. The van der Waals surface area contributed by atoms with Crippen LogP contribution in [0.5, 0.6) is 0 Å². The predicted octanol–water partition coefficient (Wildman–Crippen LogP) is 3.37. The predicted molar refractivity (Wildman–Crippen MR) is 74.9 cm³/mol. The lowest BCUT2D eigenvalue weighted by molar-refractivity contribution is 0.0952. The Morgan fingerprint density at radius 1 is 1.44 bits per heavy atom. The standard InChI is InChI=1S/C12H14Cl3NO2/c1-18-7-9(14)4-5-16-12(17)10-6-8(13)2-3-11(10)15/h2-3,6,9H,4-5,7H2,1H3,(H,16,17). The fraction of sp³-hybridized carbons (Fsp3) is 0.417. The molecule has 0 aliphatic heterocycles. The molecule has 3 nitrogen and oxygen atoms in total. The van der Waals surface area contributed by atoms with Gasteiger partial charge in [0.1, 0.15) is 0 Å². The number of nitrogens with one attached hydrogen (secondary N) is 1. The van der Waals surface area contributed by atoms with Crippen LogP contribution in [0.3, 0.4) is 0 Å². The summed E-state index contributed by atoms with van der Waals surface area (Å²) in [6.45, 7) is 0.911. The number of ether oxygens (including phenoxy) is 1. The third-order valence-electron chi connectivity index (χ3n) is 2.26. The number of halogens is 3. The average Bonchev–Trinajstić information content (AvgIpc) is 2.32. The van der Waals surface area contributed by atoms with Gasteiger partial charge < -0.3 is 10.1 Å². The van der Waals surface area contributed by atoms with Crippen LogP contribution in [-0.2, 0) is 4.74 Å². The van der Waals surface area contributed by atoms with Gasteiger partial charge in [0.05, 0.1) is 22.6 Å².